The highest BCUT2D eigenvalue weighted by Gasteiger charge is 2.26. The van der Waals surface area contributed by atoms with Crippen LogP contribution in [0.25, 0.3) is 22.2 Å². The Morgan fingerprint density at radius 2 is 1.63 bits per heavy atom. The zero-order valence-corrected chi connectivity index (χ0v) is 16.8. The third-order valence-corrected chi connectivity index (χ3v) is 5.94. The van der Waals surface area contributed by atoms with Crippen LogP contribution in [0.5, 0.6) is 0 Å². The average molecular weight is 399 g/mol. The molecule has 2 aromatic carbocycles. The maximum absolute atomic E-state index is 13.3. The number of carbonyl (C=O) groups is 1. The van der Waals surface area contributed by atoms with Crippen LogP contribution in [0.4, 0.5) is 5.82 Å². The summed E-state index contributed by atoms with van der Waals surface area (Å²) in [6.45, 7) is 0.535. The maximum atomic E-state index is 13.3. The first-order valence-electron chi connectivity index (χ1n) is 10.6. The number of nitrogens with one attached hydrogen (secondary N) is 1. The van der Waals surface area contributed by atoms with E-state index < -0.39 is 0 Å². The lowest BCUT2D eigenvalue weighted by molar-refractivity contribution is 0.0930. The number of nitrogens with zero attached hydrogens (tertiary/aromatic N) is 3. The van der Waals surface area contributed by atoms with Gasteiger partial charge in [-0.05, 0) is 30.5 Å². The molecule has 0 spiro atoms. The van der Waals surface area contributed by atoms with Gasteiger partial charge in [0.05, 0.1) is 17.6 Å². The molecule has 6 heteroatoms. The number of carbonyl (C=O) groups excluding carboxylic acids is 1. The Hall–Kier alpha value is -3.41. The highest BCUT2D eigenvalue weighted by Crippen LogP contribution is 2.29. The van der Waals surface area contributed by atoms with Crippen LogP contribution < -0.4 is 11.1 Å². The second kappa shape index (κ2) is 7.78. The molecule has 1 aliphatic carbocycles. The fraction of sp³-hybridized carbons (Fsp3) is 0.292. The van der Waals surface area contributed by atoms with Gasteiger partial charge < -0.3 is 15.6 Å². The van der Waals surface area contributed by atoms with Crippen LogP contribution >= 0.6 is 0 Å². The molecule has 4 aromatic rings. The van der Waals surface area contributed by atoms with Crippen LogP contribution in [-0.2, 0) is 6.54 Å². The third kappa shape index (κ3) is 3.38. The standard InChI is InChI=1S/C24H25N5O/c25-22-20(24(30)26-17-11-5-2-6-12-17)21-23(28-19-14-8-7-13-18(19)27-21)29(22)15-16-9-3-1-4-10-16/h1,3-4,7-10,13-14,17H,2,5-6,11-12,15,25H2,(H,26,30). The number of hydrogen-bond donors (Lipinski definition) is 2. The second-order valence-corrected chi connectivity index (χ2v) is 8.02. The van der Waals surface area contributed by atoms with Crippen molar-refractivity contribution in [2.45, 2.75) is 44.7 Å². The van der Waals surface area contributed by atoms with Crippen LogP contribution in [-0.4, -0.2) is 26.5 Å². The van der Waals surface area contributed by atoms with Crippen LogP contribution in [0.2, 0.25) is 0 Å². The number of nitrogen functional groups attached to an aromatic ring is 1. The minimum absolute atomic E-state index is 0.152. The van der Waals surface area contributed by atoms with Gasteiger partial charge in [0, 0.05) is 6.04 Å². The number of anilines is 1. The van der Waals surface area contributed by atoms with E-state index in [1.165, 1.54) is 6.42 Å². The molecule has 0 unspecified atom stereocenters. The van der Waals surface area contributed by atoms with E-state index in [1.807, 2.05) is 59.2 Å². The van der Waals surface area contributed by atoms with Gasteiger partial charge in [0.2, 0.25) is 0 Å². The van der Waals surface area contributed by atoms with Gasteiger partial charge in [0.1, 0.15) is 16.9 Å². The summed E-state index contributed by atoms with van der Waals surface area (Å²) < 4.78 is 1.90. The predicted molar refractivity (Wildman–Crippen MR) is 119 cm³/mol. The van der Waals surface area contributed by atoms with Gasteiger partial charge in [-0.25, -0.2) is 9.97 Å². The molecule has 1 aliphatic rings. The fourth-order valence-electron chi connectivity index (χ4n) is 4.37. The Morgan fingerprint density at radius 1 is 0.967 bits per heavy atom. The molecule has 5 rings (SSSR count). The van der Waals surface area contributed by atoms with E-state index >= 15 is 0 Å². The summed E-state index contributed by atoms with van der Waals surface area (Å²) in [6.07, 6.45) is 5.58. The minimum Gasteiger partial charge on any atom is -0.384 e. The largest absolute Gasteiger partial charge is 0.384 e. The maximum Gasteiger partial charge on any atom is 0.257 e. The predicted octanol–water partition coefficient (Wildman–Crippen LogP) is 4.28. The van der Waals surface area contributed by atoms with E-state index in [0.29, 0.717) is 29.1 Å². The summed E-state index contributed by atoms with van der Waals surface area (Å²) >= 11 is 0. The molecule has 0 bridgehead atoms. The van der Waals surface area contributed by atoms with Crippen molar-refractivity contribution in [2.24, 2.45) is 0 Å². The van der Waals surface area contributed by atoms with Gasteiger partial charge >= 0.3 is 0 Å². The van der Waals surface area contributed by atoms with Gasteiger partial charge in [-0.15, -0.1) is 0 Å². The number of amides is 1. The first kappa shape index (κ1) is 18.6. The lowest BCUT2D eigenvalue weighted by Crippen LogP contribution is -2.36. The van der Waals surface area contributed by atoms with E-state index in [4.69, 9.17) is 15.7 Å². The summed E-state index contributed by atoms with van der Waals surface area (Å²) in [6, 6.07) is 18.0. The molecular formula is C24H25N5O. The van der Waals surface area contributed by atoms with Crippen molar-refractivity contribution < 1.29 is 4.79 Å². The topological polar surface area (TPSA) is 85.8 Å². The highest BCUT2D eigenvalue weighted by molar-refractivity contribution is 6.10. The summed E-state index contributed by atoms with van der Waals surface area (Å²) in [4.78, 5) is 22.9. The van der Waals surface area contributed by atoms with Crippen molar-refractivity contribution in [2.75, 3.05) is 5.73 Å². The Kier molecular flexibility index (Phi) is 4.83. The number of benzene rings is 2. The zero-order valence-electron chi connectivity index (χ0n) is 16.8. The van der Waals surface area contributed by atoms with Gasteiger partial charge in [0.25, 0.3) is 5.91 Å². The fourth-order valence-corrected chi connectivity index (χ4v) is 4.37. The Morgan fingerprint density at radius 3 is 2.37 bits per heavy atom. The number of nitrogens with two attached hydrogens (primary N) is 1. The molecule has 1 saturated carbocycles. The summed E-state index contributed by atoms with van der Waals surface area (Å²) in [5.41, 5.74) is 10.8. The van der Waals surface area contributed by atoms with Gasteiger partial charge in [-0.2, -0.15) is 0 Å². The molecule has 2 heterocycles. The van der Waals surface area contributed by atoms with E-state index in [2.05, 4.69) is 5.32 Å². The normalized spacial score (nSPS) is 14.9. The summed E-state index contributed by atoms with van der Waals surface area (Å²) in [5, 5.41) is 3.19. The summed E-state index contributed by atoms with van der Waals surface area (Å²) in [7, 11) is 0. The van der Waals surface area contributed by atoms with Crippen LogP contribution in [0.1, 0.15) is 48.0 Å². The van der Waals surface area contributed by atoms with Crippen molar-refractivity contribution in [1.82, 2.24) is 19.9 Å². The quantitative estimate of drug-likeness (QED) is 0.536. The Labute approximate surface area is 175 Å². The molecular weight excluding hydrogens is 374 g/mol. The molecule has 1 amide bonds. The molecule has 3 N–H and O–H groups in total. The highest BCUT2D eigenvalue weighted by atomic mass is 16.1. The lowest BCUT2D eigenvalue weighted by Gasteiger charge is -2.22. The number of para-hydroxylation sites is 2. The minimum atomic E-state index is -0.152. The molecule has 6 nitrogen and oxygen atoms in total. The van der Waals surface area contributed by atoms with Crippen LogP contribution in [0, 0.1) is 0 Å². The van der Waals surface area contributed by atoms with Crippen molar-refractivity contribution in [3.8, 4) is 0 Å². The molecule has 0 aliphatic heterocycles. The lowest BCUT2D eigenvalue weighted by atomic mass is 9.95. The number of fused-ring (bicyclic) bond motifs is 2. The number of hydrogen-bond acceptors (Lipinski definition) is 4. The van der Waals surface area contributed by atoms with Crippen LogP contribution in [0.15, 0.2) is 54.6 Å². The van der Waals surface area contributed by atoms with E-state index in [9.17, 15) is 4.79 Å². The van der Waals surface area contributed by atoms with E-state index in [1.54, 1.807) is 0 Å². The van der Waals surface area contributed by atoms with Gasteiger partial charge in [-0.3, -0.25) is 4.79 Å². The smallest absolute Gasteiger partial charge is 0.257 e. The second-order valence-electron chi connectivity index (χ2n) is 8.02. The number of aromatic nitrogens is 3. The molecule has 0 radical (unpaired) electrons. The molecule has 2 aromatic heterocycles. The van der Waals surface area contributed by atoms with Crippen LogP contribution in [0.3, 0.4) is 0 Å². The SMILES string of the molecule is Nc1c(C(=O)NC2CCCCC2)c2nc3ccccc3nc2n1Cc1ccccc1. The first-order chi connectivity index (χ1) is 14.7. The molecule has 0 saturated heterocycles. The summed E-state index contributed by atoms with van der Waals surface area (Å²) in [5.74, 6) is 0.262. The average Bonchev–Trinajstić information content (AvgIpc) is 3.04. The first-order valence-corrected chi connectivity index (χ1v) is 10.6. The van der Waals surface area contributed by atoms with Crippen molar-refractivity contribution in [3.05, 3.63) is 65.7 Å². The van der Waals surface area contributed by atoms with Crippen molar-refractivity contribution in [1.29, 1.82) is 0 Å². The van der Waals surface area contributed by atoms with E-state index in [-0.39, 0.29) is 11.9 Å². The monoisotopic (exact) mass is 399 g/mol. The third-order valence-electron chi connectivity index (χ3n) is 5.94. The van der Waals surface area contributed by atoms with Gasteiger partial charge in [0.15, 0.2) is 5.65 Å². The van der Waals surface area contributed by atoms with Crippen molar-refractivity contribution >= 4 is 33.9 Å². The Balaban J connectivity index is 1.63. The Bertz CT molecular complexity index is 1210. The molecule has 152 valence electrons. The molecule has 0 atom stereocenters. The van der Waals surface area contributed by atoms with Gasteiger partial charge in [-0.1, -0.05) is 61.7 Å². The molecule has 30 heavy (non-hydrogen) atoms. The van der Waals surface area contributed by atoms with E-state index in [0.717, 1.165) is 42.3 Å². The number of rotatable bonds is 4. The zero-order chi connectivity index (χ0) is 20.5. The molecule has 1 fully saturated rings. The van der Waals surface area contributed by atoms with Crippen molar-refractivity contribution in [3.63, 3.8) is 0 Å².